The van der Waals surface area contributed by atoms with Gasteiger partial charge in [-0.05, 0) is 12.5 Å². The van der Waals surface area contributed by atoms with Gasteiger partial charge in [0.2, 0.25) is 0 Å². The Morgan fingerprint density at radius 1 is 1.42 bits per heavy atom. The summed E-state index contributed by atoms with van der Waals surface area (Å²) in [4.78, 5) is 6.41. The van der Waals surface area contributed by atoms with Gasteiger partial charge in [-0.15, -0.1) is 0 Å². The Labute approximate surface area is 112 Å². The third-order valence-corrected chi connectivity index (χ3v) is 3.56. The van der Waals surface area contributed by atoms with E-state index >= 15 is 0 Å². The van der Waals surface area contributed by atoms with Crippen molar-refractivity contribution in [3.05, 3.63) is 41.6 Å². The molecule has 2 aliphatic heterocycles. The van der Waals surface area contributed by atoms with Gasteiger partial charge in [0.25, 0.3) is 0 Å². The first-order valence-electron chi connectivity index (χ1n) is 6.24. The molecule has 2 aliphatic rings. The topological polar surface area (TPSA) is 77.4 Å². The summed E-state index contributed by atoms with van der Waals surface area (Å²) in [5.41, 5.74) is 9.55. The highest BCUT2D eigenvalue weighted by Crippen LogP contribution is 2.34. The van der Waals surface area contributed by atoms with Gasteiger partial charge in [0.05, 0.1) is 11.4 Å². The summed E-state index contributed by atoms with van der Waals surface area (Å²) in [6.45, 7) is 3.41. The van der Waals surface area contributed by atoms with Crippen molar-refractivity contribution >= 4 is 11.4 Å². The Hall–Kier alpha value is -2.16. The van der Waals surface area contributed by atoms with Gasteiger partial charge in [-0.25, -0.2) is 4.99 Å². The van der Waals surface area contributed by atoms with Gasteiger partial charge in [0, 0.05) is 13.1 Å². The highest BCUT2D eigenvalue weighted by atomic mass is 15.5. The van der Waals surface area contributed by atoms with E-state index in [4.69, 9.17) is 5.73 Å². The maximum atomic E-state index is 9.23. The van der Waals surface area contributed by atoms with Gasteiger partial charge in [0.1, 0.15) is 6.07 Å². The van der Waals surface area contributed by atoms with Crippen LogP contribution < -0.4 is 11.1 Å². The SMILES string of the molecule is CC1=C(c2ccccc2)N2CCNC2(N)C(C#N)=N1. The maximum absolute atomic E-state index is 9.23. The summed E-state index contributed by atoms with van der Waals surface area (Å²) < 4.78 is 0. The number of rotatable bonds is 1. The first-order chi connectivity index (χ1) is 9.16. The molecule has 0 saturated carbocycles. The second-order valence-electron chi connectivity index (χ2n) is 4.72. The predicted molar refractivity (Wildman–Crippen MR) is 73.7 cm³/mol. The van der Waals surface area contributed by atoms with Crippen LogP contribution in [0.4, 0.5) is 0 Å². The molecule has 1 fully saturated rings. The largest absolute Gasteiger partial charge is 0.332 e. The number of nitrogens with two attached hydrogens (primary N) is 1. The number of benzene rings is 1. The summed E-state index contributed by atoms with van der Waals surface area (Å²) >= 11 is 0. The van der Waals surface area contributed by atoms with Crippen molar-refractivity contribution in [2.24, 2.45) is 10.7 Å². The minimum atomic E-state index is -0.973. The van der Waals surface area contributed by atoms with Crippen molar-refractivity contribution in [3.63, 3.8) is 0 Å². The van der Waals surface area contributed by atoms with E-state index in [9.17, 15) is 5.26 Å². The summed E-state index contributed by atoms with van der Waals surface area (Å²) in [5, 5.41) is 12.4. The number of nitrogens with one attached hydrogen (secondary N) is 1. The number of hydrogen-bond donors (Lipinski definition) is 2. The quantitative estimate of drug-likeness (QED) is 0.778. The average Bonchev–Trinajstić information content (AvgIpc) is 2.81. The number of hydrogen-bond acceptors (Lipinski definition) is 5. The summed E-state index contributed by atoms with van der Waals surface area (Å²) in [6, 6.07) is 12.1. The standard InChI is InChI=1S/C14H15N5/c1-10-13(11-5-3-2-4-6-11)19-8-7-17-14(19,16)12(9-15)18-10/h2-6,17H,7-8,16H2,1H3. The lowest BCUT2D eigenvalue weighted by atomic mass is 10.0. The molecule has 1 unspecified atom stereocenters. The molecule has 5 heteroatoms. The van der Waals surface area contributed by atoms with Gasteiger partial charge < -0.3 is 4.90 Å². The van der Waals surface area contributed by atoms with E-state index in [2.05, 4.69) is 16.4 Å². The van der Waals surface area contributed by atoms with Crippen molar-refractivity contribution < 1.29 is 0 Å². The minimum Gasteiger partial charge on any atom is -0.332 e. The van der Waals surface area contributed by atoms with Crippen LogP contribution in [0.3, 0.4) is 0 Å². The molecule has 0 radical (unpaired) electrons. The highest BCUT2D eigenvalue weighted by Gasteiger charge is 2.46. The predicted octanol–water partition coefficient (Wildman–Crippen LogP) is 0.871. The summed E-state index contributed by atoms with van der Waals surface area (Å²) in [6.07, 6.45) is 0. The molecule has 1 saturated heterocycles. The lowest BCUT2D eigenvalue weighted by molar-refractivity contribution is 0.282. The van der Waals surface area contributed by atoms with Crippen molar-refractivity contribution in [2.45, 2.75) is 12.7 Å². The van der Waals surface area contributed by atoms with Crippen LogP contribution in [0.1, 0.15) is 12.5 Å². The lowest BCUT2D eigenvalue weighted by Gasteiger charge is -2.39. The molecule has 0 amide bonds. The zero-order valence-corrected chi connectivity index (χ0v) is 10.7. The molecule has 3 rings (SSSR count). The van der Waals surface area contributed by atoms with Gasteiger partial charge in [-0.1, -0.05) is 30.3 Å². The van der Waals surface area contributed by atoms with Crippen LogP contribution in [0, 0.1) is 11.3 Å². The van der Waals surface area contributed by atoms with Crippen molar-refractivity contribution in [1.29, 1.82) is 5.26 Å². The fourth-order valence-corrected chi connectivity index (χ4v) is 2.70. The molecule has 0 bridgehead atoms. The Kier molecular flexibility index (Phi) is 2.63. The van der Waals surface area contributed by atoms with Gasteiger partial charge >= 0.3 is 0 Å². The van der Waals surface area contributed by atoms with E-state index in [0.29, 0.717) is 5.71 Å². The number of aliphatic imine (C=N–C) groups is 1. The number of allylic oxidation sites excluding steroid dienone is 1. The molecule has 5 nitrogen and oxygen atoms in total. The van der Waals surface area contributed by atoms with Crippen LogP contribution in [0.15, 0.2) is 41.0 Å². The van der Waals surface area contributed by atoms with Crippen LogP contribution in [0.5, 0.6) is 0 Å². The first kappa shape index (κ1) is 11.9. The second-order valence-corrected chi connectivity index (χ2v) is 4.72. The zero-order chi connectivity index (χ0) is 13.5. The first-order valence-corrected chi connectivity index (χ1v) is 6.24. The number of nitriles is 1. The van der Waals surface area contributed by atoms with Gasteiger partial charge in [-0.2, -0.15) is 5.26 Å². The van der Waals surface area contributed by atoms with Gasteiger partial charge in [-0.3, -0.25) is 11.1 Å². The van der Waals surface area contributed by atoms with Crippen molar-refractivity contribution in [2.75, 3.05) is 13.1 Å². The molecule has 3 N–H and O–H groups in total. The zero-order valence-electron chi connectivity index (χ0n) is 10.7. The second kappa shape index (κ2) is 4.19. The fourth-order valence-electron chi connectivity index (χ4n) is 2.70. The molecule has 0 aliphatic carbocycles. The smallest absolute Gasteiger partial charge is 0.199 e. The molecule has 0 spiro atoms. The van der Waals surface area contributed by atoms with Gasteiger partial charge in [0.15, 0.2) is 11.5 Å². The molecule has 0 aromatic heterocycles. The normalized spacial score (nSPS) is 25.9. The molecule has 96 valence electrons. The van der Waals surface area contributed by atoms with Crippen LogP contribution in [0.25, 0.3) is 5.70 Å². The van der Waals surface area contributed by atoms with E-state index in [-0.39, 0.29) is 0 Å². The van der Waals surface area contributed by atoms with Crippen molar-refractivity contribution in [3.8, 4) is 6.07 Å². The Morgan fingerprint density at radius 3 is 2.84 bits per heavy atom. The van der Waals surface area contributed by atoms with Crippen LogP contribution in [-0.2, 0) is 0 Å². The maximum Gasteiger partial charge on any atom is 0.199 e. The van der Waals surface area contributed by atoms with E-state index in [1.807, 2.05) is 42.2 Å². The lowest BCUT2D eigenvalue weighted by Crippen LogP contribution is -2.65. The fraction of sp³-hybridized carbons (Fsp3) is 0.286. The van der Waals surface area contributed by atoms with Crippen molar-refractivity contribution in [1.82, 2.24) is 10.2 Å². The molecular weight excluding hydrogens is 238 g/mol. The molecule has 1 aromatic rings. The molecular formula is C14H15N5. The monoisotopic (exact) mass is 253 g/mol. The Morgan fingerprint density at radius 2 is 2.16 bits per heavy atom. The third-order valence-electron chi connectivity index (χ3n) is 3.56. The number of fused-ring (bicyclic) bond motifs is 1. The average molecular weight is 253 g/mol. The highest BCUT2D eigenvalue weighted by molar-refractivity contribution is 6.08. The molecule has 2 heterocycles. The third kappa shape index (κ3) is 1.65. The molecule has 1 aromatic carbocycles. The summed E-state index contributed by atoms with van der Waals surface area (Å²) in [7, 11) is 0. The molecule has 19 heavy (non-hydrogen) atoms. The van der Waals surface area contributed by atoms with E-state index in [1.165, 1.54) is 0 Å². The van der Waals surface area contributed by atoms with E-state index in [0.717, 1.165) is 30.0 Å². The summed E-state index contributed by atoms with van der Waals surface area (Å²) in [5.74, 6) is -0.973. The van der Waals surface area contributed by atoms with E-state index in [1.54, 1.807) is 0 Å². The molecule has 1 atom stereocenters. The van der Waals surface area contributed by atoms with Crippen LogP contribution in [-0.4, -0.2) is 29.5 Å². The van der Waals surface area contributed by atoms with E-state index < -0.39 is 5.79 Å². The van der Waals surface area contributed by atoms with Crippen LogP contribution in [0.2, 0.25) is 0 Å². The van der Waals surface area contributed by atoms with Crippen LogP contribution >= 0.6 is 0 Å². The number of nitrogens with zero attached hydrogens (tertiary/aromatic N) is 3. The Bertz CT molecular complexity index is 610. The Balaban J connectivity index is 2.18. The minimum absolute atomic E-state index is 0.321.